The highest BCUT2D eigenvalue weighted by Crippen LogP contribution is 2.22. The van der Waals surface area contributed by atoms with Crippen molar-refractivity contribution in [2.75, 3.05) is 20.1 Å². The second kappa shape index (κ2) is 5.47. The predicted molar refractivity (Wildman–Crippen MR) is 67.2 cm³/mol. The van der Waals surface area contributed by atoms with Gasteiger partial charge in [0.25, 0.3) is 5.91 Å². The van der Waals surface area contributed by atoms with Gasteiger partial charge in [-0.25, -0.2) is 0 Å². The Morgan fingerprint density at radius 3 is 3.24 bits per heavy atom. The van der Waals surface area contributed by atoms with Crippen molar-refractivity contribution >= 4 is 17.5 Å². The van der Waals surface area contributed by atoms with Crippen molar-refractivity contribution in [2.45, 2.75) is 18.9 Å². The Bertz CT molecular complexity index is 410. The summed E-state index contributed by atoms with van der Waals surface area (Å²) in [5.74, 6) is 0.00940. The number of carbonyl (C=O) groups is 1. The molecule has 1 amide bonds. The van der Waals surface area contributed by atoms with Gasteiger partial charge >= 0.3 is 0 Å². The topological polar surface area (TPSA) is 45.2 Å². The number of halogens is 1. The second-order valence-electron chi connectivity index (χ2n) is 4.21. The lowest BCUT2D eigenvalue weighted by Crippen LogP contribution is -2.40. The highest BCUT2D eigenvalue weighted by molar-refractivity contribution is 6.33. The Morgan fingerprint density at radius 1 is 1.71 bits per heavy atom. The van der Waals surface area contributed by atoms with E-state index in [1.54, 1.807) is 12.3 Å². The van der Waals surface area contributed by atoms with Gasteiger partial charge in [-0.15, -0.1) is 0 Å². The Morgan fingerprint density at radius 2 is 2.53 bits per heavy atom. The molecule has 92 valence electrons. The van der Waals surface area contributed by atoms with E-state index in [0.29, 0.717) is 10.6 Å². The maximum Gasteiger partial charge on any atom is 0.255 e. The first-order chi connectivity index (χ1) is 8.24. The van der Waals surface area contributed by atoms with Gasteiger partial charge in [0.1, 0.15) is 0 Å². The largest absolute Gasteiger partial charge is 0.334 e. The van der Waals surface area contributed by atoms with Gasteiger partial charge in [0.2, 0.25) is 0 Å². The number of nitrogens with one attached hydrogen (secondary N) is 1. The fourth-order valence-electron chi connectivity index (χ4n) is 2.25. The van der Waals surface area contributed by atoms with E-state index in [1.165, 1.54) is 6.20 Å². The predicted octanol–water partition coefficient (Wildman–Crippen LogP) is 1.56. The zero-order valence-electron chi connectivity index (χ0n) is 9.82. The lowest BCUT2D eigenvalue weighted by Gasteiger charge is -2.24. The van der Waals surface area contributed by atoms with Gasteiger partial charge in [-0.05, 0) is 26.0 Å². The van der Waals surface area contributed by atoms with E-state index in [1.807, 2.05) is 11.9 Å². The zero-order chi connectivity index (χ0) is 12.3. The molecule has 0 aliphatic carbocycles. The molecule has 1 saturated heterocycles. The molecule has 0 saturated carbocycles. The molecule has 1 atom stereocenters. The minimum atomic E-state index is 0.00940. The lowest BCUT2D eigenvalue weighted by molar-refractivity contribution is 0.0737. The first-order valence-corrected chi connectivity index (χ1v) is 6.17. The van der Waals surface area contributed by atoms with Gasteiger partial charge in [0.15, 0.2) is 0 Å². The molecule has 1 aliphatic heterocycles. The van der Waals surface area contributed by atoms with Gasteiger partial charge in [-0.3, -0.25) is 9.78 Å². The third-order valence-corrected chi connectivity index (χ3v) is 3.38. The van der Waals surface area contributed by atoms with Gasteiger partial charge in [0, 0.05) is 31.5 Å². The number of likely N-dealkylation sites (N-methyl/N-ethyl adjacent to an activating group) is 1. The summed E-state index contributed by atoms with van der Waals surface area (Å²) in [5.41, 5.74) is 0.546. The third kappa shape index (κ3) is 2.58. The average molecular weight is 254 g/mol. The molecule has 4 nitrogen and oxygen atoms in total. The van der Waals surface area contributed by atoms with E-state index in [4.69, 9.17) is 11.6 Å². The molecule has 5 heteroatoms. The SMILES string of the molecule is CNCC1CCCN1C(=O)c1ccncc1Cl. The van der Waals surface area contributed by atoms with Crippen molar-refractivity contribution in [3.63, 3.8) is 0 Å². The number of aromatic nitrogens is 1. The van der Waals surface area contributed by atoms with Crippen LogP contribution in [0.15, 0.2) is 18.5 Å². The molecular weight excluding hydrogens is 238 g/mol. The smallest absolute Gasteiger partial charge is 0.255 e. The van der Waals surface area contributed by atoms with E-state index >= 15 is 0 Å². The Balaban J connectivity index is 2.17. The van der Waals surface area contributed by atoms with Crippen LogP contribution in [0.25, 0.3) is 0 Å². The third-order valence-electron chi connectivity index (χ3n) is 3.08. The van der Waals surface area contributed by atoms with E-state index in [-0.39, 0.29) is 11.9 Å². The number of hydrogen-bond donors (Lipinski definition) is 1. The quantitative estimate of drug-likeness (QED) is 0.889. The summed E-state index contributed by atoms with van der Waals surface area (Å²) in [6, 6.07) is 1.95. The Kier molecular flexibility index (Phi) is 3.97. The highest BCUT2D eigenvalue weighted by atomic mass is 35.5. The molecule has 1 fully saturated rings. The van der Waals surface area contributed by atoms with Crippen LogP contribution in [-0.4, -0.2) is 42.0 Å². The molecule has 0 radical (unpaired) electrons. The van der Waals surface area contributed by atoms with Crippen molar-refractivity contribution in [3.8, 4) is 0 Å². The standard InChI is InChI=1S/C12H16ClN3O/c1-14-7-9-3-2-6-16(9)12(17)10-4-5-15-8-11(10)13/h4-5,8-9,14H,2-3,6-7H2,1H3. The van der Waals surface area contributed by atoms with E-state index in [2.05, 4.69) is 10.3 Å². The Labute approximate surface area is 106 Å². The van der Waals surface area contributed by atoms with Crippen LogP contribution >= 0.6 is 11.6 Å². The van der Waals surface area contributed by atoms with Crippen LogP contribution in [0.3, 0.4) is 0 Å². The minimum Gasteiger partial charge on any atom is -0.334 e. The van der Waals surface area contributed by atoms with Crippen molar-refractivity contribution in [1.29, 1.82) is 0 Å². The van der Waals surface area contributed by atoms with Gasteiger partial charge in [-0.1, -0.05) is 11.6 Å². The summed E-state index contributed by atoms with van der Waals surface area (Å²) in [6.07, 6.45) is 5.22. The summed E-state index contributed by atoms with van der Waals surface area (Å²) in [6.45, 7) is 1.64. The maximum absolute atomic E-state index is 12.3. The molecule has 2 heterocycles. The van der Waals surface area contributed by atoms with Gasteiger partial charge in [-0.2, -0.15) is 0 Å². The molecule has 0 bridgehead atoms. The number of amides is 1. The number of rotatable bonds is 3. The van der Waals surface area contributed by atoms with Crippen LogP contribution in [0.5, 0.6) is 0 Å². The van der Waals surface area contributed by atoms with Gasteiger partial charge < -0.3 is 10.2 Å². The highest BCUT2D eigenvalue weighted by Gasteiger charge is 2.29. The molecule has 1 unspecified atom stereocenters. The summed E-state index contributed by atoms with van der Waals surface area (Å²) >= 11 is 6.00. The number of pyridine rings is 1. The van der Waals surface area contributed by atoms with Crippen LogP contribution in [0, 0.1) is 0 Å². The second-order valence-corrected chi connectivity index (χ2v) is 4.61. The van der Waals surface area contributed by atoms with Crippen LogP contribution in [0.4, 0.5) is 0 Å². The summed E-state index contributed by atoms with van der Waals surface area (Å²) in [7, 11) is 1.90. The lowest BCUT2D eigenvalue weighted by atomic mass is 10.2. The summed E-state index contributed by atoms with van der Waals surface area (Å²) in [5, 5.41) is 3.55. The Hall–Kier alpha value is -1.13. The average Bonchev–Trinajstić information content (AvgIpc) is 2.78. The molecule has 1 N–H and O–H groups in total. The fraction of sp³-hybridized carbons (Fsp3) is 0.500. The molecular formula is C12H16ClN3O. The van der Waals surface area contributed by atoms with Crippen molar-refractivity contribution in [1.82, 2.24) is 15.2 Å². The molecule has 1 aromatic heterocycles. The molecule has 1 aliphatic rings. The summed E-state index contributed by atoms with van der Waals surface area (Å²) in [4.78, 5) is 18.1. The molecule has 17 heavy (non-hydrogen) atoms. The van der Waals surface area contributed by atoms with Crippen LogP contribution in [0.1, 0.15) is 23.2 Å². The number of nitrogens with zero attached hydrogens (tertiary/aromatic N) is 2. The summed E-state index contributed by atoms with van der Waals surface area (Å²) < 4.78 is 0. The first kappa shape index (κ1) is 12.3. The van der Waals surface area contributed by atoms with Crippen LogP contribution < -0.4 is 5.32 Å². The number of carbonyl (C=O) groups excluding carboxylic acids is 1. The van der Waals surface area contributed by atoms with Crippen molar-refractivity contribution in [2.24, 2.45) is 0 Å². The maximum atomic E-state index is 12.3. The van der Waals surface area contributed by atoms with Crippen molar-refractivity contribution in [3.05, 3.63) is 29.0 Å². The fourth-order valence-corrected chi connectivity index (χ4v) is 2.45. The van der Waals surface area contributed by atoms with Crippen LogP contribution in [0.2, 0.25) is 5.02 Å². The monoisotopic (exact) mass is 253 g/mol. The normalized spacial score (nSPS) is 19.6. The minimum absolute atomic E-state index is 0.00940. The number of likely N-dealkylation sites (tertiary alicyclic amines) is 1. The molecule has 0 aromatic carbocycles. The van der Waals surface area contributed by atoms with Gasteiger partial charge in [0.05, 0.1) is 10.6 Å². The first-order valence-electron chi connectivity index (χ1n) is 5.79. The molecule has 0 spiro atoms. The molecule has 2 rings (SSSR count). The van der Waals surface area contributed by atoms with E-state index in [0.717, 1.165) is 25.9 Å². The molecule has 1 aromatic rings. The van der Waals surface area contributed by atoms with Crippen molar-refractivity contribution < 1.29 is 4.79 Å². The van der Waals surface area contributed by atoms with E-state index < -0.39 is 0 Å². The number of hydrogen-bond acceptors (Lipinski definition) is 3. The van der Waals surface area contributed by atoms with Crippen LogP contribution in [-0.2, 0) is 0 Å². The zero-order valence-corrected chi connectivity index (χ0v) is 10.6. The van der Waals surface area contributed by atoms with E-state index in [9.17, 15) is 4.79 Å².